The molecule has 0 aromatic heterocycles. The molecule has 3 N–H and O–H groups in total. The van der Waals surface area contributed by atoms with Crippen LogP contribution in [0.25, 0.3) is 0 Å². The lowest BCUT2D eigenvalue weighted by Crippen LogP contribution is -2.42. The molecule has 1 aliphatic carbocycles. The number of rotatable bonds is 5. The summed E-state index contributed by atoms with van der Waals surface area (Å²) in [4.78, 5) is 12.1. The molecule has 1 atom stereocenters. The first-order chi connectivity index (χ1) is 10.3. The van der Waals surface area contributed by atoms with Crippen molar-refractivity contribution in [3.63, 3.8) is 0 Å². The summed E-state index contributed by atoms with van der Waals surface area (Å²) in [5, 5.41) is 16.0. The number of fused-ring (bicyclic) bond motifs is 1. The molecule has 0 bridgehead atoms. The van der Waals surface area contributed by atoms with Gasteiger partial charge >= 0.3 is 6.03 Å². The van der Waals surface area contributed by atoms with Crippen LogP contribution in [-0.2, 0) is 6.42 Å². The van der Waals surface area contributed by atoms with Crippen LogP contribution in [-0.4, -0.2) is 24.3 Å². The van der Waals surface area contributed by atoms with Crippen LogP contribution in [0.1, 0.15) is 43.9 Å². The Labute approximate surface area is 141 Å². The molecule has 22 heavy (non-hydrogen) atoms. The Kier molecular flexibility index (Phi) is 5.59. The summed E-state index contributed by atoms with van der Waals surface area (Å²) >= 11 is 12.2. The molecule has 0 radical (unpaired) electrons. The molecule has 2 amide bonds. The third kappa shape index (κ3) is 4.06. The Morgan fingerprint density at radius 3 is 2.82 bits per heavy atom. The number of amides is 2. The average Bonchev–Trinajstić information content (AvgIpc) is 2.84. The number of carbonyl (C=O) groups is 1. The van der Waals surface area contributed by atoms with Gasteiger partial charge in [-0.3, -0.25) is 0 Å². The largest absolute Gasteiger partial charge is 0.396 e. The third-order valence-corrected chi connectivity index (χ3v) is 4.96. The standard InChI is InChI=1S/C16H22Cl2N2O2/c1-16(2,7-8-21)9-19-15(22)20-13-6-4-11-10(13)3-5-12(17)14(11)18/h3,5,13,21H,4,6-9H2,1-2H3,(H2,19,20,22). The van der Waals surface area contributed by atoms with Gasteiger partial charge in [0.25, 0.3) is 0 Å². The third-order valence-electron chi connectivity index (χ3n) is 4.11. The van der Waals surface area contributed by atoms with Crippen molar-refractivity contribution in [3.8, 4) is 0 Å². The van der Waals surface area contributed by atoms with Gasteiger partial charge in [0.05, 0.1) is 16.1 Å². The first kappa shape index (κ1) is 17.4. The van der Waals surface area contributed by atoms with Crippen LogP contribution in [0.15, 0.2) is 12.1 Å². The maximum Gasteiger partial charge on any atom is 0.315 e. The molecule has 0 spiro atoms. The molecule has 4 nitrogen and oxygen atoms in total. The summed E-state index contributed by atoms with van der Waals surface area (Å²) in [5.74, 6) is 0. The molecular formula is C16H22Cl2N2O2. The number of halogens is 2. The molecule has 1 aromatic rings. The summed E-state index contributed by atoms with van der Waals surface area (Å²) in [5.41, 5.74) is 1.94. The Hall–Kier alpha value is -0.970. The van der Waals surface area contributed by atoms with Gasteiger partial charge in [-0.2, -0.15) is 0 Å². The van der Waals surface area contributed by atoms with Crippen LogP contribution in [0.2, 0.25) is 10.0 Å². The van der Waals surface area contributed by atoms with Gasteiger partial charge in [0.1, 0.15) is 0 Å². The van der Waals surface area contributed by atoms with E-state index < -0.39 is 0 Å². The van der Waals surface area contributed by atoms with Crippen LogP contribution >= 0.6 is 23.2 Å². The number of aliphatic hydroxyl groups excluding tert-OH is 1. The normalized spacial score (nSPS) is 17.2. The number of nitrogens with one attached hydrogen (secondary N) is 2. The minimum atomic E-state index is -0.199. The second kappa shape index (κ2) is 7.07. The number of aliphatic hydroxyl groups is 1. The van der Waals surface area contributed by atoms with E-state index in [1.165, 1.54) is 0 Å². The maximum atomic E-state index is 12.1. The summed E-state index contributed by atoms with van der Waals surface area (Å²) in [6.07, 6.45) is 2.28. The number of hydrogen-bond donors (Lipinski definition) is 3. The Morgan fingerprint density at radius 1 is 1.41 bits per heavy atom. The Morgan fingerprint density at radius 2 is 2.14 bits per heavy atom. The van der Waals surface area contributed by atoms with Crippen LogP contribution in [0.5, 0.6) is 0 Å². The van der Waals surface area contributed by atoms with Crippen molar-refractivity contribution in [2.45, 2.75) is 39.2 Å². The summed E-state index contributed by atoms with van der Waals surface area (Å²) in [6.45, 7) is 4.65. The quantitative estimate of drug-likeness (QED) is 0.762. The van der Waals surface area contributed by atoms with Gasteiger partial charge in [0.15, 0.2) is 0 Å². The van der Waals surface area contributed by atoms with E-state index in [0.717, 1.165) is 24.0 Å². The number of hydrogen-bond acceptors (Lipinski definition) is 2. The number of carbonyl (C=O) groups excluding carboxylic acids is 1. The van der Waals surface area contributed by atoms with E-state index in [9.17, 15) is 4.79 Å². The Balaban J connectivity index is 1.94. The van der Waals surface area contributed by atoms with E-state index in [1.807, 2.05) is 19.9 Å². The first-order valence-electron chi connectivity index (χ1n) is 7.46. The second-order valence-corrected chi connectivity index (χ2v) is 7.27. The van der Waals surface area contributed by atoms with E-state index in [4.69, 9.17) is 28.3 Å². The molecule has 2 rings (SSSR count). The monoisotopic (exact) mass is 344 g/mol. The minimum absolute atomic E-state index is 0.0364. The predicted octanol–water partition coefficient (Wildman–Crippen LogP) is 3.69. The van der Waals surface area contributed by atoms with Crippen molar-refractivity contribution < 1.29 is 9.90 Å². The van der Waals surface area contributed by atoms with Crippen LogP contribution in [0, 0.1) is 5.41 Å². The fraction of sp³-hybridized carbons (Fsp3) is 0.562. The van der Waals surface area contributed by atoms with Crippen LogP contribution < -0.4 is 10.6 Å². The molecule has 0 heterocycles. The first-order valence-corrected chi connectivity index (χ1v) is 8.21. The van der Waals surface area contributed by atoms with Gasteiger partial charge in [-0.25, -0.2) is 4.79 Å². The Bertz CT molecular complexity index is 561. The lowest BCUT2D eigenvalue weighted by molar-refractivity contribution is 0.200. The molecule has 1 aliphatic rings. The fourth-order valence-corrected chi connectivity index (χ4v) is 3.15. The van der Waals surface area contributed by atoms with E-state index in [-0.39, 0.29) is 24.1 Å². The van der Waals surface area contributed by atoms with Gasteiger partial charge in [-0.15, -0.1) is 0 Å². The molecule has 0 aliphatic heterocycles. The molecule has 0 saturated carbocycles. The number of urea groups is 1. The maximum absolute atomic E-state index is 12.1. The predicted molar refractivity (Wildman–Crippen MR) is 89.5 cm³/mol. The van der Waals surface area contributed by atoms with Gasteiger partial charge in [0.2, 0.25) is 0 Å². The topological polar surface area (TPSA) is 61.4 Å². The average molecular weight is 345 g/mol. The minimum Gasteiger partial charge on any atom is -0.396 e. The number of benzene rings is 1. The van der Waals surface area contributed by atoms with Crippen molar-refractivity contribution in [1.82, 2.24) is 10.6 Å². The van der Waals surface area contributed by atoms with Crippen molar-refractivity contribution >= 4 is 29.2 Å². The van der Waals surface area contributed by atoms with E-state index in [0.29, 0.717) is 23.0 Å². The van der Waals surface area contributed by atoms with Crippen molar-refractivity contribution in [2.75, 3.05) is 13.2 Å². The molecule has 0 saturated heterocycles. The highest BCUT2D eigenvalue weighted by Crippen LogP contribution is 2.38. The van der Waals surface area contributed by atoms with Gasteiger partial charge < -0.3 is 15.7 Å². The van der Waals surface area contributed by atoms with Gasteiger partial charge in [0, 0.05) is 13.2 Å². The zero-order valence-electron chi connectivity index (χ0n) is 12.9. The summed E-state index contributed by atoms with van der Waals surface area (Å²) in [7, 11) is 0. The molecule has 6 heteroatoms. The van der Waals surface area contributed by atoms with E-state index >= 15 is 0 Å². The van der Waals surface area contributed by atoms with E-state index in [2.05, 4.69) is 10.6 Å². The molecular weight excluding hydrogens is 323 g/mol. The van der Waals surface area contributed by atoms with Crippen LogP contribution in [0.3, 0.4) is 0 Å². The molecule has 122 valence electrons. The highest BCUT2D eigenvalue weighted by Gasteiger charge is 2.27. The SMILES string of the molecule is CC(C)(CCO)CNC(=O)NC1CCc2c1ccc(Cl)c2Cl. The highest BCUT2D eigenvalue weighted by atomic mass is 35.5. The zero-order chi connectivity index (χ0) is 16.3. The molecule has 1 unspecified atom stereocenters. The van der Waals surface area contributed by atoms with Crippen molar-refractivity contribution in [3.05, 3.63) is 33.3 Å². The lowest BCUT2D eigenvalue weighted by Gasteiger charge is -2.24. The van der Waals surface area contributed by atoms with Crippen LogP contribution in [0.4, 0.5) is 4.79 Å². The fourth-order valence-electron chi connectivity index (χ4n) is 2.70. The zero-order valence-corrected chi connectivity index (χ0v) is 14.4. The highest BCUT2D eigenvalue weighted by molar-refractivity contribution is 6.42. The molecule has 1 aromatic carbocycles. The summed E-state index contributed by atoms with van der Waals surface area (Å²) < 4.78 is 0. The van der Waals surface area contributed by atoms with Gasteiger partial charge in [-0.1, -0.05) is 43.1 Å². The molecule has 0 fully saturated rings. The summed E-state index contributed by atoms with van der Waals surface area (Å²) in [6, 6.07) is 3.46. The van der Waals surface area contributed by atoms with Crippen molar-refractivity contribution in [2.24, 2.45) is 5.41 Å². The van der Waals surface area contributed by atoms with E-state index in [1.54, 1.807) is 6.07 Å². The smallest absolute Gasteiger partial charge is 0.315 e. The second-order valence-electron chi connectivity index (χ2n) is 6.49. The van der Waals surface area contributed by atoms with Crippen molar-refractivity contribution in [1.29, 1.82) is 0 Å². The van der Waals surface area contributed by atoms with Gasteiger partial charge in [-0.05, 0) is 41.9 Å². The lowest BCUT2D eigenvalue weighted by atomic mass is 9.90.